The predicted molar refractivity (Wildman–Crippen MR) is 52.6 cm³/mol. The first kappa shape index (κ1) is 10.3. The van der Waals surface area contributed by atoms with Gasteiger partial charge < -0.3 is 5.11 Å². The average Bonchev–Trinajstić information content (AvgIpc) is 2.14. The molecule has 74 valence electrons. The molecule has 0 radical (unpaired) electrons. The number of hydrogen-bond donors (Lipinski definition) is 1. The number of carboxylic acid groups (broad SMARTS) is 1. The maximum absolute atomic E-state index is 10.2. The Bertz CT molecular complexity index is 179. The summed E-state index contributed by atoms with van der Waals surface area (Å²) in [4.78, 5) is 10.2. The first-order valence-electron chi connectivity index (χ1n) is 5.16. The second kappa shape index (κ2) is 5.79. The first-order valence-corrected chi connectivity index (χ1v) is 5.16. The second-order valence-corrected chi connectivity index (χ2v) is 3.81. The zero-order chi connectivity index (χ0) is 9.52. The summed E-state index contributed by atoms with van der Waals surface area (Å²) in [5.74, 6) is 0.0821. The molecule has 2 heteroatoms. The van der Waals surface area contributed by atoms with Gasteiger partial charge in [-0.05, 0) is 12.3 Å². The molecule has 0 saturated heterocycles. The maximum Gasteiger partial charge on any atom is 0.307 e. The number of carbonyl (C=O) groups is 1. The summed E-state index contributed by atoms with van der Waals surface area (Å²) in [6, 6.07) is 0. The standard InChI is InChI=1S/C11H18O2/c12-11(13)9-5-4-8-10-6-2-1-3-7-10/h4-5,10H,1-3,6-9H2,(H,12,13)/b5-4+. The number of aliphatic carboxylic acids is 1. The van der Waals surface area contributed by atoms with E-state index in [0.29, 0.717) is 0 Å². The molecular weight excluding hydrogens is 164 g/mol. The van der Waals surface area contributed by atoms with E-state index in [1.165, 1.54) is 32.1 Å². The number of rotatable bonds is 4. The largest absolute Gasteiger partial charge is 0.481 e. The van der Waals surface area contributed by atoms with Crippen molar-refractivity contribution in [2.24, 2.45) is 5.92 Å². The third-order valence-electron chi connectivity index (χ3n) is 2.65. The van der Waals surface area contributed by atoms with Crippen molar-refractivity contribution < 1.29 is 9.90 Å². The summed E-state index contributed by atoms with van der Waals surface area (Å²) in [5.41, 5.74) is 0. The lowest BCUT2D eigenvalue weighted by molar-refractivity contribution is -0.136. The highest BCUT2D eigenvalue weighted by Gasteiger charge is 2.10. The summed E-state index contributed by atoms with van der Waals surface area (Å²) in [7, 11) is 0. The van der Waals surface area contributed by atoms with Crippen molar-refractivity contribution in [3.63, 3.8) is 0 Å². The Labute approximate surface area is 79.6 Å². The molecule has 1 saturated carbocycles. The van der Waals surface area contributed by atoms with Gasteiger partial charge in [-0.1, -0.05) is 44.3 Å². The number of allylic oxidation sites excluding steroid dienone is 1. The Morgan fingerprint density at radius 2 is 1.92 bits per heavy atom. The highest BCUT2D eigenvalue weighted by atomic mass is 16.4. The Hall–Kier alpha value is -0.790. The highest BCUT2D eigenvalue weighted by molar-refractivity contribution is 5.68. The fourth-order valence-corrected chi connectivity index (χ4v) is 1.90. The topological polar surface area (TPSA) is 37.3 Å². The van der Waals surface area contributed by atoms with Gasteiger partial charge in [-0.25, -0.2) is 0 Å². The van der Waals surface area contributed by atoms with Gasteiger partial charge in [0.2, 0.25) is 0 Å². The van der Waals surface area contributed by atoms with Crippen molar-refractivity contribution in [1.82, 2.24) is 0 Å². The fourth-order valence-electron chi connectivity index (χ4n) is 1.90. The van der Waals surface area contributed by atoms with Crippen LogP contribution in [-0.2, 0) is 4.79 Å². The van der Waals surface area contributed by atoms with E-state index < -0.39 is 5.97 Å². The molecule has 1 rings (SSSR count). The Morgan fingerprint density at radius 3 is 2.54 bits per heavy atom. The minimum atomic E-state index is -0.736. The van der Waals surface area contributed by atoms with Crippen LogP contribution in [0.5, 0.6) is 0 Å². The molecule has 0 bridgehead atoms. The molecule has 1 fully saturated rings. The van der Waals surface area contributed by atoms with Crippen LogP contribution >= 0.6 is 0 Å². The predicted octanol–water partition coefficient (Wildman–Crippen LogP) is 2.99. The van der Waals surface area contributed by atoms with Gasteiger partial charge in [0.25, 0.3) is 0 Å². The molecule has 0 heterocycles. The van der Waals surface area contributed by atoms with Crippen LogP contribution in [-0.4, -0.2) is 11.1 Å². The van der Waals surface area contributed by atoms with Crippen molar-refractivity contribution >= 4 is 5.97 Å². The molecular formula is C11H18O2. The number of carboxylic acids is 1. The second-order valence-electron chi connectivity index (χ2n) is 3.81. The molecule has 1 aliphatic carbocycles. The van der Waals surface area contributed by atoms with Crippen molar-refractivity contribution in [3.8, 4) is 0 Å². The summed E-state index contributed by atoms with van der Waals surface area (Å²) in [6.07, 6.45) is 11.8. The summed E-state index contributed by atoms with van der Waals surface area (Å²) in [6.45, 7) is 0. The average molecular weight is 182 g/mol. The highest BCUT2D eigenvalue weighted by Crippen LogP contribution is 2.26. The van der Waals surface area contributed by atoms with Crippen molar-refractivity contribution in [3.05, 3.63) is 12.2 Å². The SMILES string of the molecule is O=C(O)C/C=C/CC1CCCCC1. The summed E-state index contributed by atoms with van der Waals surface area (Å²) >= 11 is 0. The van der Waals surface area contributed by atoms with Crippen LogP contribution in [0.1, 0.15) is 44.9 Å². The molecule has 0 aromatic carbocycles. The normalized spacial score (nSPS) is 19.4. The van der Waals surface area contributed by atoms with Crippen LogP contribution in [0, 0.1) is 5.92 Å². The van der Waals surface area contributed by atoms with Crippen LogP contribution in [0.15, 0.2) is 12.2 Å². The molecule has 2 nitrogen and oxygen atoms in total. The third-order valence-corrected chi connectivity index (χ3v) is 2.65. The van der Waals surface area contributed by atoms with Gasteiger partial charge in [0.1, 0.15) is 0 Å². The summed E-state index contributed by atoms with van der Waals surface area (Å²) in [5, 5.41) is 8.40. The van der Waals surface area contributed by atoms with Crippen molar-refractivity contribution in [1.29, 1.82) is 0 Å². The maximum atomic E-state index is 10.2. The van der Waals surface area contributed by atoms with Gasteiger partial charge in [0.05, 0.1) is 6.42 Å². The van der Waals surface area contributed by atoms with E-state index in [9.17, 15) is 4.79 Å². The monoisotopic (exact) mass is 182 g/mol. The van der Waals surface area contributed by atoms with Crippen LogP contribution in [0.2, 0.25) is 0 Å². The minimum Gasteiger partial charge on any atom is -0.481 e. The van der Waals surface area contributed by atoms with Gasteiger partial charge in [-0.2, -0.15) is 0 Å². The molecule has 0 spiro atoms. The van der Waals surface area contributed by atoms with Crippen LogP contribution in [0.4, 0.5) is 0 Å². The third kappa shape index (κ3) is 4.71. The molecule has 13 heavy (non-hydrogen) atoms. The van der Waals surface area contributed by atoms with E-state index >= 15 is 0 Å². The van der Waals surface area contributed by atoms with Gasteiger partial charge in [-0.15, -0.1) is 0 Å². The first-order chi connectivity index (χ1) is 6.29. The van der Waals surface area contributed by atoms with Crippen LogP contribution < -0.4 is 0 Å². The Kier molecular flexibility index (Phi) is 4.58. The molecule has 1 aliphatic rings. The lowest BCUT2D eigenvalue weighted by atomic mass is 9.87. The van der Waals surface area contributed by atoms with Crippen LogP contribution in [0.3, 0.4) is 0 Å². The molecule has 1 N–H and O–H groups in total. The van der Waals surface area contributed by atoms with E-state index in [2.05, 4.69) is 0 Å². The zero-order valence-electron chi connectivity index (χ0n) is 8.04. The van der Waals surface area contributed by atoms with E-state index in [1.807, 2.05) is 6.08 Å². The van der Waals surface area contributed by atoms with E-state index in [1.54, 1.807) is 6.08 Å². The number of hydrogen-bond acceptors (Lipinski definition) is 1. The van der Waals surface area contributed by atoms with Crippen molar-refractivity contribution in [2.45, 2.75) is 44.9 Å². The van der Waals surface area contributed by atoms with E-state index in [4.69, 9.17) is 5.11 Å². The van der Waals surface area contributed by atoms with E-state index in [0.717, 1.165) is 12.3 Å². The smallest absolute Gasteiger partial charge is 0.307 e. The molecule has 0 aromatic rings. The van der Waals surface area contributed by atoms with Gasteiger partial charge in [0.15, 0.2) is 0 Å². The Morgan fingerprint density at radius 1 is 1.23 bits per heavy atom. The molecule has 0 unspecified atom stereocenters. The molecule has 0 amide bonds. The molecule has 0 aliphatic heterocycles. The van der Waals surface area contributed by atoms with Gasteiger partial charge in [0, 0.05) is 0 Å². The van der Waals surface area contributed by atoms with Crippen molar-refractivity contribution in [2.75, 3.05) is 0 Å². The lowest BCUT2D eigenvalue weighted by Crippen LogP contribution is -2.04. The fraction of sp³-hybridized carbons (Fsp3) is 0.727. The molecule has 0 aromatic heterocycles. The Balaban J connectivity index is 2.09. The molecule has 0 atom stereocenters. The van der Waals surface area contributed by atoms with E-state index in [-0.39, 0.29) is 6.42 Å². The van der Waals surface area contributed by atoms with Gasteiger partial charge >= 0.3 is 5.97 Å². The van der Waals surface area contributed by atoms with Gasteiger partial charge in [-0.3, -0.25) is 4.79 Å². The summed E-state index contributed by atoms with van der Waals surface area (Å²) < 4.78 is 0. The lowest BCUT2D eigenvalue weighted by Gasteiger charge is -2.19. The minimum absolute atomic E-state index is 0.173. The zero-order valence-corrected chi connectivity index (χ0v) is 8.04. The quantitative estimate of drug-likeness (QED) is 0.678. The van der Waals surface area contributed by atoms with Crippen LogP contribution in [0.25, 0.3) is 0 Å².